The molecule has 1 aromatic heterocycles. The second-order valence-corrected chi connectivity index (χ2v) is 8.21. The number of hydrogen-bond donors (Lipinski definition) is 3. The SMILES string of the molecule is C=CC/C(=C\C=C1/Cc2c(ccc(=O)n2-c2ccc(C)c(NC(=O)/C=C/CCl)c2)C=N1)N/C=C\C=N. The number of benzene rings is 1. The summed E-state index contributed by atoms with van der Waals surface area (Å²) in [5.41, 5.74) is 5.30. The highest BCUT2D eigenvalue weighted by Crippen LogP contribution is 2.24. The Balaban J connectivity index is 1.97. The van der Waals surface area contributed by atoms with E-state index >= 15 is 0 Å². The van der Waals surface area contributed by atoms with E-state index in [1.165, 1.54) is 18.4 Å². The Bertz CT molecular complexity index is 1360. The molecule has 36 heavy (non-hydrogen) atoms. The van der Waals surface area contributed by atoms with E-state index in [0.29, 0.717) is 24.2 Å². The van der Waals surface area contributed by atoms with Gasteiger partial charge in [0.1, 0.15) is 0 Å². The summed E-state index contributed by atoms with van der Waals surface area (Å²) < 4.78 is 1.65. The molecule has 2 aromatic rings. The van der Waals surface area contributed by atoms with E-state index < -0.39 is 0 Å². The lowest BCUT2D eigenvalue weighted by Gasteiger charge is -2.19. The Hall–Kier alpha value is -4.23. The van der Waals surface area contributed by atoms with Crippen LogP contribution in [0.1, 0.15) is 23.2 Å². The van der Waals surface area contributed by atoms with E-state index in [1.54, 1.807) is 47.3 Å². The summed E-state index contributed by atoms with van der Waals surface area (Å²) in [6.45, 7) is 5.67. The van der Waals surface area contributed by atoms with Crippen molar-refractivity contribution in [3.05, 3.63) is 118 Å². The minimum atomic E-state index is -0.290. The zero-order valence-corrected chi connectivity index (χ0v) is 20.8. The number of hydrogen-bond acceptors (Lipinski definition) is 5. The number of carbonyl (C=O) groups excluding carboxylic acids is 1. The lowest BCUT2D eigenvalue weighted by molar-refractivity contribution is -0.111. The number of nitrogens with zero attached hydrogens (tertiary/aromatic N) is 2. The number of halogens is 1. The van der Waals surface area contributed by atoms with E-state index in [-0.39, 0.29) is 17.3 Å². The molecular weight excluding hydrogens is 474 g/mol. The highest BCUT2D eigenvalue weighted by atomic mass is 35.5. The molecule has 1 aliphatic heterocycles. The lowest BCUT2D eigenvalue weighted by Crippen LogP contribution is -2.24. The van der Waals surface area contributed by atoms with Gasteiger partial charge in [-0.2, -0.15) is 0 Å². The minimum absolute atomic E-state index is 0.173. The van der Waals surface area contributed by atoms with Crippen molar-refractivity contribution < 1.29 is 4.79 Å². The molecule has 1 amide bonds. The van der Waals surface area contributed by atoms with Gasteiger partial charge in [-0.3, -0.25) is 19.1 Å². The molecule has 0 radical (unpaired) electrons. The summed E-state index contributed by atoms with van der Waals surface area (Å²) in [7, 11) is 0. The number of carbonyl (C=O) groups is 1. The second-order valence-electron chi connectivity index (χ2n) is 7.90. The van der Waals surface area contributed by atoms with Gasteiger partial charge in [0.25, 0.3) is 5.56 Å². The molecular formula is C28H28ClN5O2. The standard InChI is InChI=1S/C28H28ClN5O2/c1-3-6-22(31-16-5-15-30)10-11-23-17-26-21(19-32-23)9-13-28(36)34(26)24-12-8-20(2)25(18-24)33-27(35)7-4-14-29/h3-5,7-13,15-16,18-19,30-31H,1,6,14,17H2,2H3,(H,33,35)/b7-4+,16-5-,22-10+,23-11+,30-15?. The number of rotatable bonds is 10. The van der Waals surface area contributed by atoms with Crippen LogP contribution in [0.3, 0.4) is 0 Å². The van der Waals surface area contributed by atoms with Crippen LogP contribution in [-0.2, 0) is 11.2 Å². The van der Waals surface area contributed by atoms with Crippen LogP contribution >= 0.6 is 11.6 Å². The van der Waals surface area contributed by atoms with Crippen molar-refractivity contribution >= 4 is 35.6 Å². The smallest absolute Gasteiger partial charge is 0.255 e. The Morgan fingerprint density at radius 2 is 2.14 bits per heavy atom. The van der Waals surface area contributed by atoms with Crippen LogP contribution < -0.4 is 16.2 Å². The average molecular weight is 502 g/mol. The maximum absolute atomic E-state index is 13.0. The molecule has 1 aliphatic rings. The van der Waals surface area contributed by atoms with Crippen LogP contribution in [0.4, 0.5) is 5.69 Å². The van der Waals surface area contributed by atoms with Gasteiger partial charge in [-0.05, 0) is 48.9 Å². The highest BCUT2D eigenvalue weighted by molar-refractivity contribution is 6.19. The Labute approximate surface area is 215 Å². The number of pyridine rings is 1. The normalized spacial score (nSPS) is 14.3. The van der Waals surface area contributed by atoms with E-state index in [0.717, 1.165) is 28.2 Å². The number of amides is 1. The van der Waals surface area contributed by atoms with Crippen molar-refractivity contribution in [2.75, 3.05) is 11.2 Å². The molecule has 8 heteroatoms. The summed E-state index contributed by atoms with van der Waals surface area (Å²) in [5.74, 6) is -0.0437. The van der Waals surface area contributed by atoms with E-state index in [9.17, 15) is 9.59 Å². The van der Waals surface area contributed by atoms with Crippen molar-refractivity contribution in [1.82, 2.24) is 9.88 Å². The molecule has 0 atom stereocenters. The zero-order valence-electron chi connectivity index (χ0n) is 20.0. The molecule has 7 nitrogen and oxygen atoms in total. The van der Waals surface area contributed by atoms with Gasteiger partial charge in [-0.1, -0.05) is 18.2 Å². The Kier molecular flexibility index (Phi) is 9.54. The third kappa shape index (κ3) is 6.90. The first-order valence-corrected chi connectivity index (χ1v) is 11.9. The zero-order chi connectivity index (χ0) is 25.9. The van der Waals surface area contributed by atoms with Crippen LogP contribution in [0.25, 0.3) is 5.69 Å². The summed E-state index contributed by atoms with van der Waals surface area (Å²) >= 11 is 5.62. The molecule has 0 spiro atoms. The topological polar surface area (TPSA) is 99.3 Å². The molecule has 0 saturated heterocycles. The first kappa shape index (κ1) is 26.4. The maximum atomic E-state index is 13.0. The van der Waals surface area contributed by atoms with Gasteiger partial charge in [0.05, 0.1) is 5.69 Å². The molecule has 0 saturated carbocycles. The van der Waals surface area contributed by atoms with Crippen molar-refractivity contribution in [3.63, 3.8) is 0 Å². The number of aryl methyl sites for hydroxylation is 1. The molecule has 2 heterocycles. The van der Waals surface area contributed by atoms with Crippen LogP contribution in [0, 0.1) is 12.3 Å². The number of fused-ring (bicyclic) bond motifs is 1. The molecule has 3 rings (SSSR count). The summed E-state index contributed by atoms with van der Waals surface area (Å²) in [6.07, 6.45) is 15.8. The molecule has 0 aliphatic carbocycles. The fraction of sp³-hybridized carbons (Fsp3) is 0.143. The van der Waals surface area contributed by atoms with E-state index in [2.05, 4.69) is 22.2 Å². The second kappa shape index (κ2) is 13.0. The van der Waals surface area contributed by atoms with Crippen LogP contribution in [0.15, 0.2) is 101 Å². The minimum Gasteiger partial charge on any atom is -0.365 e. The molecule has 1 aromatic carbocycles. The van der Waals surface area contributed by atoms with Crippen molar-refractivity contribution in [1.29, 1.82) is 5.41 Å². The van der Waals surface area contributed by atoms with Gasteiger partial charge in [0, 0.05) is 77.8 Å². The summed E-state index contributed by atoms with van der Waals surface area (Å²) in [6, 6.07) is 8.80. The number of aliphatic imine (C=N–C) groups is 1. The lowest BCUT2D eigenvalue weighted by atomic mass is 10.0. The van der Waals surface area contributed by atoms with Gasteiger partial charge in [-0.25, -0.2) is 0 Å². The number of anilines is 1. The van der Waals surface area contributed by atoms with Gasteiger partial charge in [-0.15, -0.1) is 18.2 Å². The molecule has 184 valence electrons. The highest BCUT2D eigenvalue weighted by Gasteiger charge is 2.17. The Morgan fingerprint density at radius 1 is 1.31 bits per heavy atom. The number of aromatic nitrogens is 1. The predicted molar refractivity (Wildman–Crippen MR) is 149 cm³/mol. The van der Waals surface area contributed by atoms with Gasteiger partial charge in [0.15, 0.2) is 0 Å². The fourth-order valence-electron chi connectivity index (χ4n) is 3.59. The summed E-state index contributed by atoms with van der Waals surface area (Å²) in [4.78, 5) is 29.7. The first-order chi connectivity index (χ1) is 17.5. The quantitative estimate of drug-likeness (QED) is 0.186. The molecule has 0 fully saturated rings. The number of nitrogens with one attached hydrogen (secondary N) is 3. The maximum Gasteiger partial charge on any atom is 0.255 e. The van der Waals surface area contributed by atoms with E-state index in [4.69, 9.17) is 17.0 Å². The monoisotopic (exact) mass is 501 g/mol. The largest absolute Gasteiger partial charge is 0.365 e. The van der Waals surface area contributed by atoms with Crippen molar-refractivity contribution in [3.8, 4) is 5.69 Å². The van der Waals surface area contributed by atoms with Gasteiger partial charge in [0.2, 0.25) is 5.91 Å². The third-order valence-corrected chi connectivity index (χ3v) is 5.52. The predicted octanol–water partition coefficient (Wildman–Crippen LogP) is 4.95. The van der Waals surface area contributed by atoms with Gasteiger partial charge >= 0.3 is 0 Å². The fourth-order valence-corrected chi connectivity index (χ4v) is 3.68. The van der Waals surface area contributed by atoms with Crippen LogP contribution in [-0.4, -0.2) is 28.8 Å². The van der Waals surface area contributed by atoms with Crippen LogP contribution in [0.2, 0.25) is 0 Å². The molecule has 0 bridgehead atoms. The van der Waals surface area contributed by atoms with Crippen molar-refractivity contribution in [2.24, 2.45) is 4.99 Å². The van der Waals surface area contributed by atoms with E-state index in [1.807, 2.05) is 31.2 Å². The summed E-state index contributed by atoms with van der Waals surface area (Å²) in [5, 5.41) is 13.1. The third-order valence-electron chi connectivity index (χ3n) is 5.34. The van der Waals surface area contributed by atoms with Gasteiger partial charge < -0.3 is 16.0 Å². The first-order valence-electron chi connectivity index (χ1n) is 11.3. The number of allylic oxidation sites excluding steroid dienone is 6. The Morgan fingerprint density at radius 3 is 2.89 bits per heavy atom. The number of alkyl halides is 1. The molecule has 0 unspecified atom stereocenters. The average Bonchev–Trinajstić information content (AvgIpc) is 2.87. The van der Waals surface area contributed by atoms with Crippen molar-refractivity contribution in [2.45, 2.75) is 19.8 Å². The van der Waals surface area contributed by atoms with Crippen LogP contribution in [0.5, 0.6) is 0 Å². The molecule has 3 N–H and O–H groups in total.